The molecule has 180 valence electrons. The van der Waals surface area contributed by atoms with Gasteiger partial charge in [-0.05, 0) is 31.2 Å². The highest BCUT2D eigenvalue weighted by Gasteiger charge is 2.48. The number of benzene rings is 1. The van der Waals surface area contributed by atoms with Crippen molar-refractivity contribution in [1.82, 2.24) is 15.5 Å². The third-order valence-electron chi connectivity index (χ3n) is 5.64. The third kappa shape index (κ3) is 6.93. The van der Waals surface area contributed by atoms with Crippen LogP contribution in [0.4, 0.5) is 4.79 Å². The zero-order chi connectivity index (χ0) is 24.4. The molecule has 11 nitrogen and oxygen atoms in total. The maximum absolute atomic E-state index is 13.0. The van der Waals surface area contributed by atoms with Crippen LogP contribution in [0.15, 0.2) is 30.3 Å². The molecule has 0 unspecified atom stereocenters. The summed E-state index contributed by atoms with van der Waals surface area (Å²) in [7, 11) is 0. The van der Waals surface area contributed by atoms with Gasteiger partial charge in [0.1, 0.15) is 24.7 Å². The Morgan fingerprint density at radius 1 is 1.15 bits per heavy atom. The number of amides is 3. The maximum Gasteiger partial charge on any atom is 0.407 e. The normalized spacial score (nSPS) is 18.3. The Hall–Kier alpha value is -3.63. The van der Waals surface area contributed by atoms with E-state index >= 15 is 0 Å². The van der Waals surface area contributed by atoms with Gasteiger partial charge in [0.05, 0.1) is 0 Å². The van der Waals surface area contributed by atoms with Crippen molar-refractivity contribution in [3.8, 4) is 0 Å². The Morgan fingerprint density at radius 2 is 1.85 bits per heavy atom. The highest BCUT2D eigenvalue weighted by atomic mass is 16.5. The van der Waals surface area contributed by atoms with Gasteiger partial charge in [-0.25, -0.2) is 9.59 Å². The van der Waals surface area contributed by atoms with E-state index in [1.54, 1.807) is 31.2 Å². The first kappa shape index (κ1) is 25.6. The molecule has 1 fully saturated rings. The lowest BCUT2D eigenvalue weighted by atomic mass is 9.90. The first-order chi connectivity index (χ1) is 15.7. The summed E-state index contributed by atoms with van der Waals surface area (Å²) >= 11 is 0. The first-order valence-corrected chi connectivity index (χ1v) is 10.7. The Morgan fingerprint density at radius 3 is 2.45 bits per heavy atom. The van der Waals surface area contributed by atoms with E-state index in [0.29, 0.717) is 12.8 Å². The fourth-order valence-corrected chi connectivity index (χ4v) is 3.84. The van der Waals surface area contributed by atoms with Crippen LogP contribution < -0.4 is 10.6 Å². The molecule has 1 aromatic rings. The number of carbonyl (C=O) groups excluding carboxylic acids is 3. The van der Waals surface area contributed by atoms with E-state index < -0.39 is 47.8 Å². The number of rotatable bonds is 11. The topological polar surface area (TPSA) is 162 Å². The number of carbonyl (C=O) groups is 5. The van der Waals surface area contributed by atoms with Gasteiger partial charge in [-0.15, -0.1) is 0 Å². The van der Waals surface area contributed by atoms with Gasteiger partial charge in [0, 0.05) is 13.0 Å². The molecule has 2 atom stereocenters. The van der Waals surface area contributed by atoms with Crippen molar-refractivity contribution >= 4 is 29.8 Å². The van der Waals surface area contributed by atoms with Crippen LogP contribution in [0.5, 0.6) is 0 Å². The van der Waals surface area contributed by atoms with Crippen LogP contribution in [0.25, 0.3) is 0 Å². The van der Waals surface area contributed by atoms with E-state index in [-0.39, 0.29) is 32.5 Å². The average molecular weight is 463 g/mol. The van der Waals surface area contributed by atoms with Crippen molar-refractivity contribution in [3.63, 3.8) is 0 Å². The number of hydrogen-bond acceptors (Lipinski definition) is 6. The van der Waals surface area contributed by atoms with Gasteiger partial charge in [-0.2, -0.15) is 0 Å². The molecule has 1 saturated heterocycles. The summed E-state index contributed by atoms with van der Waals surface area (Å²) in [6.07, 6.45) is -0.401. The summed E-state index contributed by atoms with van der Waals surface area (Å²) in [6.45, 7) is 1.64. The third-order valence-corrected chi connectivity index (χ3v) is 5.64. The average Bonchev–Trinajstić information content (AvgIpc) is 3.24. The van der Waals surface area contributed by atoms with E-state index in [2.05, 4.69) is 10.6 Å². The number of ether oxygens (including phenoxy) is 1. The van der Waals surface area contributed by atoms with Gasteiger partial charge < -0.3 is 30.5 Å². The van der Waals surface area contributed by atoms with Crippen LogP contribution in [-0.4, -0.2) is 69.6 Å². The molecule has 0 saturated carbocycles. The van der Waals surface area contributed by atoms with E-state index in [0.717, 1.165) is 5.56 Å². The number of alkyl carbamates (subject to hydrolysis) is 1. The van der Waals surface area contributed by atoms with Crippen LogP contribution in [-0.2, 0) is 30.5 Å². The number of likely N-dealkylation sites (tertiary alicyclic amines) is 1. The fraction of sp³-hybridized carbons (Fsp3) is 0.500. The molecule has 0 bridgehead atoms. The Bertz CT molecular complexity index is 876. The number of carboxylic acid groups (broad SMARTS) is 2. The van der Waals surface area contributed by atoms with Gasteiger partial charge in [-0.3, -0.25) is 14.4 Å². The molecule has 11 heteroatoms. The SMILES string of the molecule is CC[C@@]1(C(=O)N[C@@H](CCC(=O)O)C(=O)O)CCCN1C(=O)CNC(=O)OCc1ccccc1. The minimum absolute atomic E-state index is 0.0405. The van der Waals surface area contributed by atoms with Crippen LogP contribution in [0, 0.1) is 0 Å². The Labute approximate surface area is 191 Å². The number of hydrogen-bond donors (Lipinski definition) is 4. The summed E-state index contributed by atoms with van der Waals surface area (Å²) in [5.41, 5.74) is -0.486. The predicted molar refractivity (Wildman–Crippen MR) is 115 cm³/mol. The quantitative estimate of drug-likeness (QED) is 0.379. The molecule has 1 aliphatic heterocycles. The number of nitrogens with zero attached hydrogens (tertiary/aromatic N) is 1. The lowest BCUT2D eigenvalue weighted by Crippen LogP contribution is -2.60. The van der Waals surface area contributed by atoms with Crippen molar-refractivity contribution in [2.75, 3.05) is 13.1 Å². The molecule has 4 N–H and O–H groups in total. The molecule has 1 aliphatic rings. The van der Waals surface area contributed by atoms with Crippen molar-refractivity contribution < 1.29 is 38.9 Å². The molecule has 3 amide bonds. The largest absolute Gasteiger partial charge is 0.481 e. The van der Waals surface area contributed by atoms with Crippen LogP contribution in [0.2, 0.25) is 0 Å². The lowest BCUT2D eigenvalue weighted by Gasteiger charge is -2.37. The van der Waals surface area contributed by atoms with Crippen molar-refractivity contribution in [2.45, 2.75) is 57.2 Å². The molecule has 33 heavy (non-hydrogen) atoms. The number of aliphatic carboxylic acids is 2. The van der Waals surface area contributed by atoms with E-state index in [9.17, 15) is 29.1 Å². The summed E-state index contributed by atoms with van der Waals surface area (Å²) < 4.78 is 5.08. The molecular weight excluding hydrogens is 434 g/mol. The summed E-state index contributed by atoms with van der Waals surface area (Å²) in [6, 6.07) is 7.63. The summed E-state index contributed by atoms with van der Waals surface area (Å²) in [4.78, 5) is 61.4. The van der Waals surface area contributed by atoms with Crippen LogP contribution in [0.3, 0.4) is 0 Å². The Kier molecular flexibility index (Phi) is 9.19. The summed E-state index contributed by atoms with van der Waals surface area (Å²) in [5.74, 6) is -3.68. The molecule has 0 aliphatic carbocycles. The highest BCUT2D eigenvalue weighted by molar-refractivity contribution is 5.95. The fourth-order valence-electron chi connectivity index (χ4n) is 3.84. The second-order valence-corrected chi connectivity index (χ2v) is 7.75. The molecule has 0 radical (unpaired) electrons. The molecule has 0 spiro atoms. The minimum Gasteiger partial charge on any atom is -0.481 e. The standard InChI is InChI=1S/C22H29N3O8/c1-2-22(20(31)24-16(19(29)30)9-10-18(27)28)11-6-12-25(22)17(26)13-23-21(32)33-14-15-7-4-3-5-8-15/h3-5,7-8,16H,2,6,9-14H2,1H3,(H,23,32)(H,24,31)(H,27,28)(H,29,30)/t16-,22-/m0/s1. The van der Waals surface area contributed by atoms with E-state index in [4.69, 9.17) is 9.84 Å². The Balaban J connectivity index is 1.97. The van der Waals surface area contributed by atoms with Gasteiger partial charge in [0.2, 0.25) is 11.8 Å². The highest BCUT2D eigenvalue weighted by Crippen LogP contribution is 2.33. The second kappa shape index (κ2) is 11.8. The molecule has 1 heterocycles. The van der Waals surface area contributed by atoms with Crippen molar-refractivity contribution in [3.05, 3.63) is 35.9 Å². The number of nitrogens with one attached hydrogen (secondary N) is 2. The van der Waals surface area contributed by atoms with Crippen LogP contribution >= 0.6 is 0 Å². The maximum atomic E-state index is 13.0. The van der Waals surface area contributed by atoms with E-state index in [1.165, 1.54) is 4.90 Å². The predicted octanol–water partition coefficient (Wildman–Crippen LogP) is 1.12. The van der Waals surface area contributed by atoms with Gasteiger partial charge in [0.15, 0.2) is 0 Å². The molecule has 0 aromatic heterocycles. The zero-order valence-corrected chi connectivity index (χ0v) is 18.4. The van der Waals surface area contributed by atoms with Crippen molar-refractivity contribution in [1.29, 1.82) is 0 Å². The van der Waals surface area contributed by atoms with Crippen molar-refractivity contribution in [2.24, 2.45) is 0 Å². The first-order valence-electron chi connectivity index (χ1n) is 10.7. The zero-order valence-electron chi connectivity index (χ0n) is 18.4. The van der Waals surface area contributed by atoms with E-state index in [1.807, 2.05) is 6.07 Å². The van der Waals surface area contributed by atoms with Gasteiger partial charge >= 0.3 is 18.0 Å². The minimum atomic E-state index is -1.39. The molecule has 1 aromatic carbocycles. The van der Waals surface area contributed by atoms with Crippen LogP contribution in [0.1, 0.15) is 44.6 Å². The summed E-state index contributed by atoms with van der Waals surface area (Å²) in [5, 5.41) is 22.9. The van der Waals surface area contributed by atoms with Gasteiger partial charge in [-0.1, -0.05) is 37.3 Å². The second-order valence-electron chi connectivity index (χ2n) is 7.75. The monoisotopic (exact) mass is 463 g/mol. The number of carboxylic acids is 2. The lowest BCUT2D eigenvalue weighted by molar-refractivity contribution is -0.148. The molecular formula is C22H29N3O8. The molecule has 2 rings (SSSR count). The smallest absolute Gasteiger partial charge is 0.407 e. The van der Waals surface area contributed by atoms with Gasteiger partial charge in [0.25, 0.3) is 0 Å².